The van der Waals surface area contributed by atoms with Crippen LogP contribution in [0.5, 0.6) is 11.5 Å². The Labute approximate surface area is 203 Å². The second-order valence-corrected chi connectivity index (χ2v) is 9.12. The minimum absolute atomic E-state index is 0.176. The Hall–Kier alpha value is -2.25. The molecule has 2 aromatic rings. The highest BCUT2D eigenvalue weighted by atomic mass is 79.9. The Kier molecular flexibility index (Phi) is 10.3. The van der Waals surface area contributed by atoms with E-state index in [1.165, 1.54) is 0 Å². The molecular weight excluding hydrogens is 496 g/mol. The van der Waals surface area contributed by atoms with Crippen LogP contribution >= 0.6 is 27.5 Å². The van der Waals surface area contributed by atoms with Crippen molar-refractivity contribution in [1.29, 1.82) is 0 Å². The number of halogens is 2. The first-order chi connectivity index (χ1) is 15.2. The SMILES string of the molecule is CC[C@@H](C(=O)NCC(C)C)N(Cc1ccc(OC)cc1)C(=O)COc1ccc(Br)cc1Cl. The van der Waals surface area contributed by atoms with Gasteiger partial charge in [-0.1, -0.05) is 60.4 Å². The van der Waals surface area contributed by atoms with Crippen molar-refractivity contribution in [3.8, 4) is 11.5 Å². The van der Waals surface area contributed by atoms with Crippen LogP contribution < -0.4 is 14.8 Å². The minimum Gasteiger partial charge on any atom is -0.497 e. The van der Waals surface area contributed by atoms with Crippen molar-refractivity contribution in [2.45, 2.75) is 39.8 Å². The van der Waals surface area contributed by atoms with E-state index in [4.69, 9.17) is 21.1 Å². The molecule has 0 radical (unpaired) electrons. The Morgan fingerprint density at radius 1 is 1.16 bits per heavy atom. The van der Waals surface area contributed by atoms with E-state index in [0.717, 1.165) is 15.8 Å². The fourth-order valence-electron chi connectivity index (χ4n) is 3.08. The molecule has 0 aliphatic heterocycles. The molecule has 0 spiro atoms. The zero-order valence-corrected chi connectivity index (χ0v) is 21.2. The smallest absolute Gasteiger partial charge is 0.261 e. The van der Waals surface area contributed by atoms with Gasteiger partial charge in [0.2, 0.25) is 5.91 Å². The fraction of sp³-hybridized carbons (Fsp3) is 0.417. The first-order valence-electron chi connectivity index (χ1n) is 10.5. The molecule has 2 amide bonds. The van der Waals surface area contributed by atoms with Crippen molar-refractivity contribution in [3.63, 3.8) is 0 Å². The molecule has 0 bridgehead atoms. The lowest BCUT2D eigenvalue weighted by atomic mass is 10.1. The van der Waals surface area contributed by atoms with Crippen molar-refractivity contribution in [2.24, 2.45) is 5.92 Å². The summed E-state index contributed by atoms with van der Waals surface area (Å²) in [7, 11) is 1.60. The van der Waals surface area contributed by atoms with Crippen molar-refractivity contribution in [1.82, 2.24) is 10.2 Å². The zero-order valence-electron chi connectivity index (χ0n) is 18.9. The van der Waals surface area contributed by atoms with Crippen molar-refractivity contribution in [3.05, 3.63) is 57.5 Å². The van der Waals surface area contributed by atoms with E-state index in [1.807, 2.05) is 45.0 Å². The van der Waals surface area contributed by atoms with Gasteiger partial charge in [0.15, 0.2) is 6.61 Å². The maximum atomic E-state index is 13.2. The molecule has 0 aliphatic carbocycles. The first kappa shape index (κ1) is 26.0. The highest BCUT2D eigenvalue weighted by molar-refractivity contribution is 9.10. The average molecular weight is 526 g/mol. The topological polar surface area (TPSA) is 67.9 Å². The van der Waals surface area contributed by atoms with Gasteiger partial charge in [-0.15, -0.1) is 0 Å². The molecule has 0 saturated heterocycles. The van der Waals surface area contributed by atoms with Gasteiger partial charge in [0, 0.05) is 17.6 Å². The third-order valence-electron chi connectivity index (χ3n) is 4.83. The van der Waals surface area contributed by atoms with Gasteiger partial charge in [-0.25, -0.2) is 0 Å². The number of hydrogen-bond donors (Lipinski definition) is 1. The number of benzene rings is 2. The Morgan fingerprint density at radius 2 is 1.84 bits per heavy atom. The molecule has 174 valence electrons. The number of rotatable bonds is 11. The van der Waals surface area contributed by atoms with E-state index in [-0.39, 0.29) is 25.0 Å². The molecule has 0 heterocycles. The van der Waals surface area contributed by atoms with Crippen LogP contribution in [-0.4, -0.2) is 43.0 Å². The summed E-state index contributed by atoms with van der Waals surface area (Å²) >= 11 is 9.55. The second kappa shape index (κ2) is 12.7. The summed E-state index contributed by atoms with van der Waals surface area (Å²) in [6, 6.07) is 12.0. The maximum Gasteiger partial charge on any atom is 0.261 e. The number of nitrogens with one attached hydrogen (secondary N) is 1. The summed E-state index contributed by atoms with van der Waals surface area (Å²) in [4.78, 5) is 27.7. The highest BCUT2D eigenvalue weighted by Gasteiger charge is 2.29. The number of ether oxygens (including phenoxy) is 2. The molecule has 0 aromatic heterocycles. The average Bonchev–Trinajstić information content (AvgIpc) is 2.77. The summed E-state index contributed by atoms with van der Waals surface area (Å²) in [6.07, 6.45) is 0.477. The van der Waals surface area contributed by atoms with Gasteiger partial charge < -0.3 is 19.7 Å². The number of amides is 2. The summed E-state index contributed by atoms with van der Waals surface area (Å²) in [5.41, 5.74) is 0.885. The summed E-state index contributed by atoms with van der Waals surface area (Å²) in [5.74, 6) is 0.965. The lowest BCUT2D eigenvalue weighted by Gasteiger charge is -2.31. The second-order valence-electron chi connectivity index (χ2n) is 7.80. The molecule has 1 atom stereocenters. The quantitative estimate of drug-likeness (QED) is 0.445. The van der Waals surface area contributed by atoms with Crippen LogP contribution in [0.2, 0.25) is 5.02 Å². The Bertz CT molecular complexity index is 905. The maximum absolute atomic E-state index is 13.2. The predicted molar refractivity (Wildman–Crippen MR) is 130 cm³/mol. The van der Waals surface area contributed by atoms with Crippen LogP contribution in [0, 0.1) is 5.92 Å². The van der Waals surface area contributed by atoms with Crippen molar-refractivity contribution >= 4 is 39.3 Å². The lowest BCUT2D eigenvalue weighted by Crippen LogP contribution is -2.50. The van der Waals surface area contributed by atoms with Crippen LogP contribution in [0.4, 0.5) is 0 Å². The van der Waals surface area contributed by atoms with Crippen molar-refractivity contribution < 1.29 is 19.1 Å². The predicted octanol–water partition coefficient (Wildman–Crippen LogP) is 5.07. The van der Waals surface area contributed by atoms with Gasteiger partial charge in [-0.05, 0) is 48.2 Å². The van der Waals surface area contributed by atoms with E-state index in [2.05, 4.69) is 21.2 Å². The lowest BCUT2D eigenvalue weighted by molar-refractivity contribution is -0.143. The molecule has 0 saturated carbocycles. The third kappa shape index (κ3) is 7.71. The van der Waals surface area contributed by atoms with Gasteiger partial charge in [-0.2, -0.15) is 0 Å². The van der Waals surface area contributed by atoms with Crippen LogP contribution in [0.3, 0.4) is 0 Å². The Balaban J connectivity index is 2.21. The largest absolute Gasteiger partial charge is 0.497 e. The third-order valence-corrected chi connectivity index (χ3v) is 5.62. The molecule has 0 fully saturated rings. The summed E-state index contributed by atoms with van der Waals surface area (Å²) < 4.78 is 11.7. The van der Waals surface area contributed by atoms with E-state index >= 15 is 0 Å². The molecule has 0 aliphatic rings. The zero-order chi connectivity index (χ0) is 23.7. The number of nitrogens with zero attached hydrogens (tertiary/aromatic N) is 1. The van der Waals surface area contributed by atoms with E-state index in [0.29, 0.717) is 29.7 Å². The van der Waals surface area contributed by atoms with Crippen molar-refractivity contribution in [2.75, 3.05) is 20.3 Å². The number of methoxy groups -OCH3 is 1. The molecule has 0 unspecified atom stereocenters. The summed E-state index contributed by atoms with van der Waals surface area (Å²) in [6.45, 7) is 6.53. The van der Waals surface area contributed by atoms with Crippen LogP contribution in [0.1, 0.15) is 32.8 Å². The minimum atomic E-state index is -0.618. The van der Waals surface area contributed by atoms with Crippen LogP contribution in [0.15, 0.2) is 46.9 Å². The molecule has 1 N–H and O–H groups in total. The number of carbonyl (C=O) groups is 2. The highest BCUT2D eigenvalue weighted by Crippen LogP contribution is 2.28. The summed E-state index contributed by atoms with van der Waals surface area (Å²) in [5, 5.41) is 3.34. The van der Waals surface area contributed by atoms with Gasteiger partial charge >= 0.3 is 0 Å². The molecule has 32 heavy (non-hydrogen) atoms. The molecular formula is C24H30BrClN2O4. The molecule has 2 rings (SSSR count). The fourth-order valence-corrected chi connectivity index (χ4v) is 3.81. The van der Waals surface area contributed by atoms with Gasteiger partial charge in [0.1, 0.15) is 17.5 Å². The number of hydrogen-bond acceptors (Lipinski definition) is 4. The standard InChI is InChI=1S/C24H30BrClN2O4/c1-5-21(24(30)27-13-16(2)3)28(14-17-6-9-19(31-4)10-7-17)23(29)15-32-22-11-8-18(25)12-20(22)26/h6-12,16,21H,5,13-15H2,1-4H3,(H,27,30)/t21-/m0/s1. The van der Waals surface area contributed by atoms with Gasteiger partial charge in [0.25, 0.3) is 5.91 Å². The van der Waals surface area contributed by atoms with E-state index in [9.17, 15) is 9.59 Å². The monoisotopic (exact) mass is 524 g/mol. The van der Waals surface area contributed by atoms with Crippen LogP contribution in [-0.2, 0) is 16.1 Å². The van der Waals surface area contributed by atoms with Crippen LogP contribution in [0.25, 0.3) is 0 Å². The van der Waals surface area contributed by atoms with Gasteiger partial charge in [-0.3, -0.25) is 9.59 Å². The van der Waals surface area contributed by atoms with E-state index in [1.54, 1.807) is 30.2 Å². The Morgan fingerprint density at radius 3 is 2.41 bits per heavy atom. The van der Waals surface area contributed by atoms with Gasteiger partial charge in [0.05, 0.1) is 12.1 Å². The normalized spacial score (nSPS) is 11.7. The number of carbonyl (C=O) groups excluding carboxylic acids is 2. The molecule has 8 heteroatoms. The van der Waals surface area contributed by atoms with E-state index < -0.39 is 6.04 Å². The first-order valence-corrected chi connectivity index (χ1v) is 11.7. The molecule has 2 aromatic carbocycles. The molecule has 6 nitrogen and oxygen atoms in total.